The minimum atomic E-state index is -3.50. The highest BCUT2D eigenvalue weighted by molar-refractivity contribution is 7.89. The number of piperazine rings is 1. The molecule has 3 rings (SSSR count). The van der Waals surface area contributed by atoms with Gasteiger partial charge in [0.05, 0.1) is 11.4 Å². The van der Waals surface area contributed by atoms with Crippen LogP contribution in [0.25, 0.3) is 0 Å². The van der Waals surface area contributed by atoms with E-state index in [9.17, 15) is 8.42 Å². The zero-order chi connectivity index (χ0) is 19.8. The van der Waals surface area contributed by atoms with E-state index in [1.165, 1.54) is 5.56 Å². The predicted molar refractivity (Wildman–Crippen MR) is 111 cm³/mol. The second-order valence-electron chi connectivity index (χ2n) is 7.43. The van der Waals surface area contributed by atoms with E-state index in [-0.39, 0.29) is 18.4 Å². The smallest absolute Gasteiger partial charge is 0.246 e. The summed E-state index contributed by atoms with van der Waals surface area (Å²) in [7, 11) is -3.50. The largest absolute Gasteiger partial charge is 0.296 e. The van der Waals surface area contributed by atoms with Gasteiger partial charge in [-0.1, -0.05) is 0 Å². The first-order valence-corrected chi connectivity index (χ1v) is 11.0. The van der Waals surface area contributed by atoms with Gasteiger partial charge in [0.15, 0.2) is 0 Å². The molecule has 0 radical (unpaired) electrons. The van der Waals surface area contributed by atoms with Crippen LogP contribution in [0.2, 0.25) is 0 Å². The summed E-state index contributed by atoms with van der Waals surface area (Å²) in [6, 6.07) is 0.136. The molecular formula is C18H31ClN6O2S. The van der Waals surface area contributed by atoms with Crippen LogP contribution in [-0.2, 0) is 23.1 Å². The highest BCUT2D eigenvalue weighted by Crippen LogP contribution is 2.22. The number of sulfonamides is 1. The Morgan fingerprint density at radius 1 is 1.04 bits per heavy atom. The molecule has 0 unspecified atom stereocenters. The number of aryl methyl sites for hydroxylation is 3. The van der Waals surface area contributed by atoms with Gasteiger partial charge in [0.25, 0.3) is 0 Å². The Morgan fingerprint density at radius 3 is 2.18 bits per heavy atom. The third kappa shape index (κ3) is 4.59. The summed E-state index contributed by atoms with van der Waals surface area (Å²) in [5, 5.41) is 8.84. The number of hydrogen-bond donors (Lipinski definition) is 0. The maximum Gasteiger partial charge on any atom is 0.246 e. The van der Waals surface area contributed by atoms with E-state index >= 15 is 0 Å². The van der Waals surface area contributed by atoms with Crippen LogP contribution in [0.1, 0.15) is 43.8 Å². The quantitative estimate of drug-likeness (QED) is 0.702. The van der Waals surface area contributed by atoms with E-state index in [0.717, 1.165) is 18.8 Å². The Kier molecular flexibility index (Phi) is 7.30. The second-order valence-corrected chi connectivity index (χ2v) is 9.33. The molecule has 1 aliphatic rings. The molecule has 1 saturated heterocycles. The van der Waals surface area contributed by atoms with Crippen LogP contribution in [-0.4, -0.2) is 63.4 Å². The zero-order valence-corrected chi connectivity index (χ0v) is 18.9. The fraction of sp³-hybridized carbons (Fsp3) is 0.667. The van der Waals surface area contributed by atoms with Crippen molar-refractivity contribution in [1.29, 1.82) is 0 Å². The van der Waals surface area contributed by atoms with Gasteiger partial charge in [-0.05, 0) is 34.6 Å². The molecule has 1 aliphatic heterocycles. The molecule has 0 atom stereocenters. The topological polar surface area (TPSA) is 76.3 Å². The molecule has 0 bridgehead atoms. The lowest BCUT2D eigenvalue weighted by Crippen LogP contribution is -2.48. The van der Waals surface area contributed by atoms with Gasteiger partial charge in [-0.15, -0.1) is 12.4 Å². The Hall–Kier alpha value is -1.42. The molecule has 28 heavy (non-hydrogen) atoms. The lowest BCUT2D eigenvalue weighted by molar-refractivity contribution is 0.181. The molecule has 0 amide bonds. The van der Waals surface area contributed by atoms with Crippen molar-refractivity contribution >= 4 is 22.4 Å². The number of hydrogen-bond acceptors (Lipinski definition) is 5. The van der Waals surface area contributed by atoms with Gasteiger partial charge in [0.1, 0.15) is 4.90 Å². The van der Waals surface area contributed by atoms with Gasteiger partial charge in [0, 0.05) is 63.3 Å². The number of halogens is 1. The van der Waals surface area contributed by atoms with Crippen LogP contribution in [0.3, 0.4) is 0 Å². The maximum atomic E-state index is 13.0. The van der Waals surface area contributed by atoms with Crippen LogP contribution in [0, 0.1) is 13.8 Å². The predicted octanol–water partition coefficient (Wildman–Crippen LogP) is 2.23. The summed E-state index contributed by atoms with van der Waals surface area (Å²) >= 11 is 0. The number of nitrogens with zero attached hydrogens (tertiary/aromatic N) is 6. The molecule has 0 aliphatic carbocycles. The summed E-state index contributed by atoms with van der Waals surface area (Å²) in [4.78, 5) is 2.62. The average molecular weight is 431 g/mol. The average Bonchev–Trinajstić information content (AvgIpc) is 3.19. The fourth-order valence-corrected chi connectivity index (χ4v) is 4.94. The molecule has 3 heterocycles. The summed E-state index contributed by atoms with van der Waals surface area (Å²) in [5.74, 6) is 0. The van der Waals surface area contributed by atoms with Crippen molar-refractivity contribution in [3.63, 3.8) is 0 Å². The summed E-state index contributed by atoms with van der Waals surface area (Å²) in [6.45, 7) is 13.9. The van der Waals surface area contributed by atoms with E-state index in [4.69, 9.17) is 0 Å². The van der Waals surface area contributed by atoms with Gasteiger partial charge < -0.3 is 0 Å². The standard InChI is InChI=1S/C18H30N6O2S.ClH/c1-6-22-12-17(15(4)19-22)11-21-7-9-23(10-8-21)27(25,26)18-13-24(14(2)3)20-16(18)5;/h12-14H,6-11H2,1-5H3;1H. The van der Waals surface area contributed by atoms with Crippen molar-refractivity contribution in [2.24, 2.45) is 0 Å². The van der Waals surface area contributed by atoms with Gasteiger partial charge in [-0.2, -0.15) is 14.5 Å². The summed E-state index contributed by atoms with van der Waals surface area (Å²) in [5.41, 5.74) is 2.82. The SMILES string of the molecule is CCn1cc(CN2CCN(S(=O)(=O)c3cn(C(C)C)nc3C)CC2)c(C)n1.Cl. The Balaban J connectivity index is 0.00000280. The highest BCUT2D eigenvalue weighted by Gasteiger charge is 2.31. The molecule has 0 aromatic carbocycles. The lowest BCUT2D eigenvalue weighted by atomic mass is 10.2. The van der Waals surface area contributed by atoms with Crippen molar-refractivity contribution in [2.45, 2.75) is 58.6 Å². The van der Waals surface area contributed by atoms with Crippen molar-refractivity contribution < 1.29 is 8.42 Å². The van der Waals surface area contributed by atoms with Crippen LogP contribution < -0.4 is 0 Å². The third-order valence-electron chi connectivity index (χ3n) is 5.12. The first kappa shape index (κ1) is 22.9. The molecular weight excluding hydrogens is 400 g/mol. The monoisotopic (exact) mass is 430 g/mol. The van der Waals surface area contributed by atoms with Gasteiger partial charge in [0.2, 0.25) is 10.0 Å². The minimum Gasteiger partial charge on any atom is -0.296 e. The summed E-state index contributed by atoms with van der Waals surface area (Å²) in [6.07, 6.45) is 3.74. The van der Waals surface area contributed by atoms with E-state index < -0.39 is 10.0 Å². The van der Waals surface area contributed by atoms with Crippen molar-refractivity contribution in [3.8, 4) is 0 Å². The van der Waals surface area contributed by atoms with Crippen molar-refractivity contribution in [3.05, 3.63) is 29.3 Å². The van der Waals surface area contributed by atoms with Crippen molar-refractivity contribution in [1.82, 2.24) is 28.8 Å². The first-order valence-electron chi connectivity index (χ1n) is 9.53. The summed E-state index contributed by atoms with van der Waals surface area (Å²) < 4.78 is 31.3. The molecule has 1 fully saturated rings. The maximum absolute atomic E-state index is 13.0. The van der Waals surface area contributed by atoms with Crippen LogP contribution >= 0.6 is 12.4 Å². The minimum absolute atomic E-state index is 0. The molecule has 158 valence electrons. The van der Waals surface area contributed by atoms with E-state index in [1.54, 1.807) is 22.1 Å². The normalized spacial score (nSPS) is 16.5. The molecule has 2 aromatic heterocycles. The van der Waals surface area contributed by atoms with Crippen LogP contribution in [0.5, 0.6) is 0 Å². The molecule has 0 saturated carbocycles. The van der Waals surface area contributed by atoms with Crippen molar-refractivity contribution in [2.75, 3.05) is 26.2 Å². The molecule has 8 nitrogen and oxygen atoms in total. The fourth-order valence-electron chi connectivity index (χ4n) is 3.37. The van der Waals surface area contributed by atoms with Gasteiger partial charge in [-0.3, -0.25) is 14.3 Å². The van der Waals surface area contributed by atoms with Gasteiger partial charge in [-0.25, -0.2) is 8.42 Å². The number of rotatable bonds is 6. The van der Waals surface area contributed by atoms with E-state index in [2.05, 4.69) is 28.2 Å². The Labute approximate surface area is 174 Å². The number of aromatic nitrogens is 4. The van der Waals surface area contributed by atoms with E-state index in [1.807, 2.05) is 25.5 Å². The molecule has 2 aromatic rings. The molecule has 0 N–H and O–H groups in total. The first-order chi connectivity index (χ1) is 12.7. The Bertz CT molecular complexity index is 897. The molecule has 10 heteroatoms. The van der Waals surface area contributed by atoms with Crippen LogP contribution in [0.4, 0.5) is 0 Å². The second kappa shape index (κ2) is 8.94. The molecule has 0 spiro atoms. The Morgan fingerprint density at radius 2 is 1.68 bits per heavy atom. The van der Waals surface area contributed by atoms with Crippen LogP contribution in [0.15, 0.2) is 17.3 Å². The van der Waals surface area contributed by atoms with Gasteiger partial charge >= 0.3 is 0 Å². The zero-order valence-electron chi connectivity index (χ0n) is 17.3. The van der Waals surface area contributed by atoms with E-state index in [0.29, 0.717) is 36.8 Å². The third-order valence-corrected chi connectivity index (χ3v) is 7.12. The highest BCUT2D eigenvalue weighted by atomic mass is 35.5. The lowest BCUT2D eigenvalue weighted by Gasteiger charge is -2.33.